The molecule has 172 valence electrons. The monoisotopic (exact) mass is 464 g/mol. The lowest BCUT2D eigenvalue weighted by Crippen LogP contribution is -2.65. The summed E-state index contributed by atoms with van der Waals surface area (Å²) >= 11 is 1.58. The van der Waals surface area contributed by atoms with Crippen LogP contribution in [0.3, 0.4) is 0 Å². The van der Waals surface area contributed by atoms with Crippen LogP contribution in [0.4, 0.5) is 11.4 Å². The Morgan fingerprint density at radius 3 is 2.52 bits per heavy atom. The maximum atomic E-state index is 13.8. The standard InChI is InChI=1S/C25H28N4O3S/c1-16(30)26-19-8-10-20(11-9-19)29-22(31)21-14-17-12-13-33-23(17)28(21)15-25(29,2)24(32)27-18-6-4-3-5-7-18/h8-14,18H,3-7,15H2,1-2H3,(H,26,30)(H,27,32). The number of nitrogens with one attached hydrogen (secondary N) is 2. The average Bonchev–Trinajstić information content (AvgIpc) is 3.38. The number of benzene rings is 1. The molecule has 0 bridgehead atoms. The van der Waals surface area contributed by atoms with Gasteiger partial charge in [0.1, 0.15) is 16.1 Å². The van der Waals surface area contributed by atoms with Crippen LogP contribution in [0.25, 0.3) is 10.2 Å². The number of thiophene rings is 1. The molecule has 1 aliphatic carbocycles. The Morgan fingerprint density at radius 1 is 1.09 bits per heavy atom. The van der Waals surface area contributed by atoms with Crippen molar-refractivity contribution >= 4 is 50.6 Å². The van der Waals surface area contributed by atoms with Crippen molar-refractivity contribution in [1.82, 2.24) is 9.88 Å². The summed E-state index contributed by atoms with van der Waals surface area (Å²) in [6.07, 6.45) is 5.40. The Balaban J connectivity index is 1.55. The van der Waals surface area contributed by atoms with Gasteiger partial charge in [-0.15, -0.1) is 11.3 Å². The lowest BCUT2D eigenvalue weighted by molar-refractivity contribution is -0.127. The highest BCUT2D eigenvalue weighted by Gasteiger charge is 2.49. The van der Waals surface area contributed by atoms with Crippen molar-refractivity contribution < 1.29 is 14.4 Å². The molecule has 5 rings (SSSR count). The minimum Gasteiger partial charge on any atom is -0.351 e. The molecule has 1 aliphatic heterocycles. The quantitative estimate of drug-likeness (QED) is 0.595. The first-order chi connectivity index (χ1) is 15.9. The molecule has 1 fully saturated rings. The van der Waals surface area contributed by atoms with E-state index < -0.39 is 5.54 Å². The topological polar surface area (TPSA) is 83.4 Å². The number of amides is 3. The molecule has 1 saturated carbocycles. The van der Waals surface area contributed by atoms with Crippen molar-refractivity contribution in [3.63, 3.8) is 0 Å². The van der Waals surface area contributed by atoms with Crippen molar-refractivity contribution in [3.05, 3.63) is 47.5 Å². The summed E-state index contributed by atoms with van der Waals surface area (Å²) in [5.74, 6) is -0.484. The number of hydrogen-bond acceptors (Lipinski definition) is 4. The van der Waals surface area contributed by atoms with Crippen molar-refractivity contribution in [3.8, 4) is 0 Å². The lowest BCUT2D eigenvalue weighted by atomic mass is 9.91. The molecule has 2 aliphatic rings. The molecule has 2 aromatic heterocycles. The van der Waals surface area contributed by atoms with Gasteiger partial charge in [-0.25, -0.2) is 0 Å². The maximum Gasteiger partial charge on any atom is 0.275 e. The van der Waals surface area contributed by atoms with Gasteiger partial charge in [-0.1, -0.05) is 19.3 Å². The Morgan fingerprint density at radius 2 is 1.82 bits per heavy atom. The van der Waals surface area contributed by atoms with E-state index in [2.05, 4.69) is 10.6 Å². The molecule has 1 unspecified atom stereocenters. The van der Waals surface area contributed by atoms with Gasteiger partial charge in [0.05, 0.1) is 6.54 Å². The number of rotatable bonds is 4. The molecule has 0 spiro atoms. The summed E-state index contributed by atoms with van der Waals surface area (Å²) < 4.78 is 1.99. The van der Waals surface area contributed by atoms with E-state index in [0.717, 1.165) is 35.9 Å². The zero-order valence-electron chi connectivity index (χ0n) is 18.9. The van der Waals surface area contributed by atoms with E-state index in [1.165, 1.54) is 13.3 Å². The largest absolute Gasteiger partial charge is 0.351 e. The summed E-state index contributed by atoms with van der Waals surface area (Å²) in [4.78, 5) is 41.6. The van der Waals surface area contributed by atoms with E-state index >= 15 is 0 Å². The predicted molar refractivity (Wildman–Crippen MR) is 131 cm³/mol. The Hall–Kier alpha value is -3.13. The SMILES string of the molecule is CC(=O)Nc1ccc(N2C(=O)c3cc4ccsc4n3CC2(C)C(=O)NC2CCCCC2)cc1. The molecular weight excluding hydrogens is 436 g/mol. The molecule has 33 heavy (non-hydrogen) atoms. The molecule has 8 heteroatoms. The minimum absolute atomic E-state index is 0.127. The third-order valence-electron chi connectivity index (χ3n) is 6.76. The van der Waals surface area contributed by atoms with Gasteiger partial charge in [0.15, 0.2) is 0 Å². The summed E-state index contributed by atoms with van der Waals surface area (Å²) in [7, 11) is 0. The highest BCUT2D eigenvalue weighted by Crippen LogP contribution is 2.38. The van der Waals surface area contributed by atoms with Gasteiger partial charge >= 0.3 is 0 Å². The third-order valence-corrected chi connectivity index (χ3v) is 7.71. The van der Waals surface area contributed by atoms with Crippen molar-refractivity contribution in [2.75, 3.05) is 10.2 Å². The van der Waals surface area contributed by atoms with Crippen LogP contribution in [0.1, 0.15) is 56.4 Å². The highest BCUT2D eigenvalue weighted by atomic mass is 32.1. The maximum absolute atomic E-state index is 13.8. The van der Waals surface area contributed by atoms with Gasteiger partial charge in [0, 0.05) is 29.7 Å². The van der Waals surface area contributed by atoms with E-state index in [-0.39, 0.29) is 23.8 Å². The number of carbonyl (C=O) groups excluding carboxylic acids is 3. The first kappa shape index (κ1) is 21.7. The first-order valence-corrected chi connectivity index (χ1v) is 12.3. The van der Waals surface area contributed by atoms with Crippen LogP contribution in [-0.2, 0) is 16.1 Å². The van der Waals surface area contributed by atoms with Crippen molar-refractivity contribution in [1.29, 1.82) is 0 Å². The molecule has 1 aromatic carbocycles. The Bertz CT molecular complexity index is 1220. The lowest BCUT2D eigenvalue weighted by Gasteiger charge is -2.44. The van der Waals surface area contributed by atoms with Crippen LogP contribution in [0, 0.1) is 0 Å². The molecule has 7 nitrogen and oxygen atoms in total. The second-order valence-corrected chi connectivity index (χ2v) is 10.1. The van der Waals surface area contributed by atoms with Crippen molar-refractivity contribution in [2.24, 2.45) is 0 Å². The van der Waals surface area contributed by atoms with Crippen molar-refractivity contribution in [2.45, 2.75) is 64.1 Å². The number of aromatic nitrogens is 1. The van der Waals surface area contributed by atoms with E-state index in [0.29, 0.717) is 23.6 Å². The number of hydrogen-bond donors (Lipinski definition) is 2. The summed E-state index contributed by atoms with van der Waals surface area (Å²) in [6.45, 7) is 3.69. The molecule has 0 radical (unpaired) electrons. The fourth-order valence-electron chi connectivity index (χ4n) is 5.09. The number of anilines is 2. The second-order valence-electron chi connectivity index (χ2n) is 9.25. The third kappa shape index (κ3) is 3.82. The van der Waals surface area contributed by atoms with Crippen LogP contribution in [0.2, 0.25) is 0 Å². The van der Waals surface area contributed by atoms with Gasteiger partial charge in [0.25, 0.3) is 5.91 Å². The molecule has 3 heterocycles. The minimum atomic E-state index is -1.09. The molecule has 0 saturated heterocycles. The fraction of sp³-hybridized carbons (Fsp3) is 0.400. The fourth-order valence-corrected chi connectivity index (χ4v) is 5.98. The Kier molecular flexibility index (Phi) is 5.48. The van der Waals surface area contributed by atoms with Crippen LogP contribution in [-0.4, -0.2) is 33.9 Å². The highest BCUT2D eigenvalue weighted by molar-refractivity contribution is 7.16. The summed E-state index contributed by atoms with van der Waals surface area (Å²) in [6, 6.07) is 11.2. The normalized spacial score (nSPS) is 21.2. The number of fused-ring (bicyclic) bond motifs is 3. The van der Waals surface area contributed by atoms with Crippen LogP contribution < -0.4 is 15.5 Å². The second kappa shape index (κ2) is 8.33. The zero-order chi connectivity index (χ0) is 23.2. The smallest absolute Gasteiger partial charge is 0.275 e. The van der Waals surface area contributed by atoms with Gasteiger partial charge in [0.2, 0.25) is 11.8 Å². The number of carbonyl (C=O) groups is 3. The van der Waals surface area contributed by atoms with Gasteiger partial charge in [-0.3, -0.25) is 19.3 Å². The van der Waals surface area contributed by atoms with Crippen LogP contribution >= 0.6 is 11.3 Å². The van der Waals surface area contributed by atoms with Crippen LogP contribution in [0.15, 0.2) is 41.8 Å². The van der Waals surface area contributed by atoms with Gasteiger partial charge in [-0.05, 0) is 61.5 Å². The van der Waals surface area contributed by atoms with E-state index in [1.807, 2.05) is 29.0 Å². The Labute approximate surface area is 196 Å². The number of nitrogens with zero attached hydrogens (tertiary/aromatic N) is 2. The summed E-state index contributed by atoms with van der Waals surface area (Å²) in [5.41, 5.74) is 0.775. The van der Waals surface area contributed by atoms with Gasteiger partial charge in [-0.2, -0.15) is 0 Å². The molecule has 3 amide bonds. The van der Waals surface area contributed by atoms with E-state index in [4.69, 9.17) is 0 Å². The molecule has 2 N–H and O–H groups in total. The summed E-state index contributed by atoms with van der Waals surface area (Å²) in [5, 5.41) is 9.03. The van der Waals surface area contributed by atoms with E-state index in [1.54, 1.807) is 40.5 Å². The molecule has 3 aromatic rings. The predicted octanol–water partition coefficient (Wildman–Crippen LogP) is 4.53. The molecular formula is C25H28N4O3S. The zero-order valence-corrected chi connectivity index (χ0v) is 19.7. The van der Waals surface area contributed by atoms with Crippen LogP contribution in [0.5, 0.6) is 0 Å². The van der Waals surface area contributed by atoms with Gasteiger partial charge < -0.3 is 15.2 Å². The first-order valence-electron chi connectivity index (χ1n) is 11.5. The average molecular weight is 465 g/mol. The van der Waals surface area contributed by atoms with E-state index in [9.17, 15) is 14.4 Å². The molecule has 1 atom stereocenters.